The van der Waals surface area contributed by atoms with E-state index in [-0.39, 0.29) is 12.1 Å². The smallest absolute Gasteiger partial charge is 0.184 e. The zero-order chi connectivity index (χ0) is 14.3. The fraction of sp³-hybridized carbons (Fsp3) is 0.812. The number of rotatable bonds is 3. The minimum Gasteiger partial charge on any atom is -0.371 e. The van der Waals surface area contributed by atoms with Crippen molar-refractivity contribution in [1.82, 2.24) is 0 Å². The molecule has 0 amide bonds. The van der Waals surface area contributed by atoms with Crippen LogP contribution in [0.2, 0.25) is 0 Å². The standard InChI is InChI=1S/C16H24O4/c17-14-8-2-1-4-10-16(14,18)11-5-7-13-20-15-9-3-6-12-19-15/h15,18H,1-4,6-10,12-13H2. The van der Waals surface area contributed by atoms with Gasteiger partial charge in [-0.25, -0.2) is 0 Å². The van der Waals surface area contributed by atoms with Crippen LogP contribution >= 0.6 is 0 Å². The lowest BCUT2D eigenvalue weighted by Crippen LogP contribution is -2.35. The molecule has 0 aromatic heterocycles. The number of Topliss-reactive ketones (excluding diaryl/α,β-unsaturated/α-hetero) is 1. The first-order valence-electron chi connectivity index (χ1n) is 7.70. The summed E-state index contributed by atoms with van der Waals surface area (Å²) in [5.41, 5.74) is -1.42. The van der Waals surface area contributed by atoms with Gasteiger partial charge in [0.15, 0.2) is 17.7 Å². The topological polar surface area (TPSA) is 55.8 Å². The average molecular weight is 280 g/mol. The van der Waals surface area contributed by atoms with Crippen LogP contribution in [-0.4, -0.2) is 36.0 Å². The van der Waals surface area contributed by atoms with Gasteiger partial charge in [-0.2, -0.15) is 0 Å². The normalized spacial score (nSPS) is 31.2. The van der Waals surface area contributed by atoms with Gasteiger partial charge in [0.25, 0.3) is 0 Å². The van der Waals surface area contributed by atoms with Gasteiger partial charge < -0.3 is 14.6 Å². The molecule has 0 radical (unpaired) electrons. The molecular formula is C16H24O4. The van der Waals surface area contributed by atoms with Crippen LogP contribution in [0.5, 0.6) is 0 Å². The van der Waals surface area contributed by atoms with Crippen LogP contribution in [0.15, 0.2) is 0 Å². The van der Waals surface area contributed by atoms with Crippen molar-refractivity contribution in [2.45, 2.75) is 69.7 Å². The summed E-state index contributed by atoms with van der Waals surface area (Å²) in [5.74, 6) is 5.53. The van der Waals surface area contributed by atoms with Gasteiger partial charge in [0.1, 0.15) is 0 Å². The molecular weight excluding hydrogens is 256 g/mol. The SMILES string of the molecule is O=C1CCCCCC1(O)C#CCCOC1CCCCO1. The quantitative estimate of drug-likeness (QED) is 0.489. The molecule has 2 rings (SSSR count). The number of ketones is 1. The molecule has 1 aliphatic carbocycles. The van der Waals surface area contributed by atoms with Gasteiger partial charge in [0.05, 0.1) is 6.61 Å². The van der Waals surface area contributed by atoms with Crippen molar-refractivity contribution in [3.05, 3.63) is 0 Å². The molecule has 1 saturated carbocycles. The molecule has 1 heterocycles. The van der Waals surface area contributed by atoms with Crippen molar-refractivity contribution in [3.8, 4) is 11.8 Å². The van der Waals surface area contributed by atoms with Crippen LogP contribution in [0.4, 0.5) is 0 Å². The first-order chi connectivity index (χ1) is 9.71. The molecule has 2 aliphatic rings. The van der Waals surface area contributed by atoms with E-state index in [4.69, 9.17) is 9.47 Å². The Hall–Kier alpha value is -0.890. The molecule has 0 spiro atoms. The minimum absolute atomic E-state index is 0.104. The molecule has 0 aromatic rings. The summed E-state index contributed by atoms with van der Waals surface area (Å²) in [6, 6.07) is 0. The number of carbonyl (C=O) groups excluding carboxylic acids is 1. The lowest BCUT2D eigenvalue weighted by Gasteiger charge is -2.22. The van der Waals surface area contributed by atoms with Gasteiger partial charge in [-0.3, -0.25) is 4.79 Å². The summed E-state index contributed by atoms with van der Waals surface area (Å²) in [5, 5.41) is 10.3. The van der Waals surface area contributed by atoms with Crippen molar-refractivity contribution >= 4 is 5.78 Å². The fourth-order valence-electron chi connectivity index (χ4n) is 2.61. The molecule has 1 N–H and O–H groups in total. The third kappa shape index (κ3) is 4.59. The summed E-state index contributed by atoms with van der Waals surface area (Å²) in [7, 11) is 0. The summed E-state index contributed by atoms with van der Waals surface area (Å²) >= 11 is 0. The number of carbonyl (C=O) groups is 1. The summed E-state index contributed by atoms with van der Waals surface area (Å²) in [6.45, 7) is 1.26. The largest absolute Gasteiger partial charge is 0.371 e. The first kappa shape index (κ1) is 15.5. The van der Waals surface area contributed by atoms with E-state index in [2.05, 4.69) is 11.8 Å². The van der Waals surface area contributed by atoms with Crippen molar-refractivity contribution in [2.75, 3.05) is 13.2 Å². The van der Waals surface area contributed by atoms with Crippen LogP contribution < -0.4 is 0 Å². The van der Waals surface area contributed by atoms with Gasteiger partial charge in [-0.1, -0.05) is 18.3 Å². The Morgan fingerprint density at radius 2 is 2.20 bits per heavy atom. The highest BCUT2D eigenvalue weighted by Gasteiger charge is 2.34. The predicted molar refractivity (Wildman–Crippen MR) is 75.0 cm³/mol. The molecule has 112 valence electrons. The van der Waals surface area contributed by atoms with Crippen LogP contribution in [0.3, 0.4) is 0 Å². The van der Waals surface area contributed by atoms with Crippen molar-refractivity contribution in [1.29, 1.82) is 0 Å². The molecule has 0 aromatic carbocycles. The highest BCUT2D eigenvalue weighted by atomic mass is 16.7. The maximum atomic E-state index is 11.8. The van der Waals surface area contributed by atoms with Gasteiger partial charge in [0.2, 0.25) is 0 Å². The second-order valence-corrected chi connectivity index (χ2v) is 5.56. The Bertz CT molecular complexity index is 376. The Balaban J connectivity index is 1.73. The summed E-state index contributed by atoms with van der Waals surface area (Å²) in [6.07, 6.45) is 7.24. The Morgan fingerprint density at radius 3 is 3.00 bits per heavy atom. The maximum absolute atomic E-state index is 11.8. The summed E-state index contributed by atoms with van der Waals surface area (Å²) in [4.78, 5) is 11.8. The molecule has 4 nitrogen and oxygen atoms in total. The molecule has 2 atom stereocenters. The average Bonchev–Trinajstić information content (AvgIpc) is 2.63. The van der Waals surface area contributed by atoms with Crippen LogP contribution in [0.25, 0.3) is 0 Å². The predicted octanol–water partition coefficient (Wildman–Crippen LogP) is 2.19. The highest BCUT2D eigenvalue weighted by Crippen LogP contribution is 2.23. The second-order valence-electron chi connectivity index (χ2n) is 5.56. The van der Waals surface area contributed by atoms with Crippen molar-refractivity contribution in [2.24, 2.45) is 0 Å². The minimum atomic E-state index is -1.42. The van der Waals surface area contributed by atoms with E-state index in [1.54, 1.807) is 0 Å². The molecule has 20 heavy (non-hydrogen) atoms. The van der Waals surface area contributed by atoms with E-state index in [9.17, 15) is 9.90 Å². The third-order valence-corrected chi connectivity index (χ3v) is 3.87. The zero-order valence-electron chi connectivity index (χ0n) is 12.0. The van der Waals surface area contributed by atoms with Gasteiger partial charge >= 0.3 is 0 Å². The number of aliphatic hydroxyl groups is 1. The van der Waals surface area contributed by atoms with Gasteiger partial charge in [0, 0.05) is 19.4 Å². The molecule has 1 aliphatic heterocycles. The highest BCUT2D eigenvalue weighted by molar-refractivity contribution is 5.90. The van der Waals surface area contributed by atoms with E-state index in [1.165, 1.54) is 0 Å². The summed E-state index contributed by atoms with van der Waals surface area (Å²) < 4.78 is 11.0. The first-order valence-corrected chi connectivity index (χ1v) is 7.70. The number of hydrogen-bond donors (Lipinski definition) is 1. The molecule has 2 fully saturated rings. The Kier molecular flexibility index (Phi) is 6.03. The Labute approximate surface area is 120 Å². The van der Waals surface area contributed by atoms with E-state index in [0.717, 1.165) is 45.1 Å². The van der Waals surface area contributed by atoms with Gasteiger partial charge in [-0.15, -0.1) is 0 Å². The molecule has 0 bridgehead atoms. The van der Waals surface area contributed by atoms with E-state index >= 15 is 0 Å². The maximum Gasteiger partial charge on any atom is 0.184 e. The fourth-order valence-corrected chi connectivity index (χ4v) is 2.61. The van der Waals surface area contributed by atoms with E-state index < -0.39 is 5.60 Å². The molecule has 4 heteroatoms. The van der Waals surface area contributed by atoms with Crippen LogP contribution in [0.1, 0.15) is 57.8 Å². The number of ether oxygens (including phenoxy) is 2. The molecule has 1 saturated heterocycles. The van der Waals surface area contributed by atoms with Crippen molar-refractivity contribution in [3.63, 3.8) is 0 Å². The molecule has 2 unspecified atom stereocenters. The van der Waals surface area contributed by atoms with E-state index in [0.29, 0.717) is 25.9 Å². The van der Waals surface area contributed by atoms with Crippen LogP contribution in [-0.2, 0) is 14.3 Å². The Morgan fingerprint density at radius 1 is 1.30 bits per heavy atom. The van der Waals surface area contributed by atoms with Gasteiger partial charge in [-0.05, 0) is 38.5 Å². The van der Waals surface area contributed by atoms with E-state index in [1.807, 2.05) is 0 Å². The lowest BCUT2D eigenvalue weighted by atomic mass is 9.94. The van der Waals surface area contributed by atoms with Crippen LogP contribution in [0, 0.1) is 11.8 Å². The monoisotopic (exact) mass is 280 g/mol. The van der Waals surface area contributed by atoms with Crippen molar-refractivity contribution < 1.29 is 19.4 Å². The third-order valence-electron chi connectivity index (χ3n) is 3.87. The lowest BCUT2D eigenvalue weighted by molar-refractivity contribution is -0.161. The number of hydrogen-bond acceptors (Lipinski definition) is 4. The zero-order valence-corrected chi connectivity index (χ0v) is 12.0. The second kappa shape index (κ2) is 7.78.